The summed E-state index contributed by atoms with van der Waals surface area (Å²) in [5, 5.41) is 0. The van der Waals surface area contributed by atoms with Crippen molar-refractivity contribution in [2.75, 3.05) is 18.6 Å². The van der Waals surface area contributed by atoms with Crippen molar-refractivity contribution < 1.29 is 4.74 Å². The van der Waals surface area contributed by atoms with Crippen LogP contribution in [-0.2, 0) is 0 Å². The summed E-state index contributed by atoms with van der Waals surface area (Å²) in [6.45, 7) is 0.831. The SMILES string of the molecule is CN1C=CN(c2cccc(Oc3cccc(-c4cc(-c5cccnc5)ccn4)c3)c2)C1. The van der Waals surface area contributed by atoms with Gasteiger partial charge >= 0.3 is 0 Å². The summed E-state index contributed by atoms with van der Waals surface area (Å²) < 4.78 is 6.18. The molecular weight excluding hydrogens is 384 g/mol. The van der Waals surface area contributed by atoms with Crippen molar-refractivity contribution in [3.05, 3.63) is 104 Å². The third-order valence-electron chi connectivity index (χ3n) is 5.15. The second-order valence-corrected chi connectivity index (χ2v) is 7.47. The van der Waals surface area contributed by atoms with Crippen LogP contribution in [0.3, 0.4) is 0 Å². The van der Waals surface area contributed by atoms with E-state index in [0.717, 1.165) is 46.2 Å². The monoisotopic (exact) mass is 406 g/mol. The Morgan fingerprint density at radius 2 is 1.61 bits per heavy atom. The average molecular weight is 406 g/mol. The Bertz CT molecular complexity index is 1220. The maximum Gasteiger partial charge on any atom is 0.129 e. The Labute approximate surface area is 181 Å². The quantitative estimate of drug-likeness (QED) is 0.420. The van der Waals surface area contributed by atoms with E-state index in [0.29, 0.717) is 0 Å². The van der Waals surface area contributed by atoms with Gasteiger partial charge in [-0.25, -0.2) is 0 Å². The number of benzene rings is 2. The predicted molar refractivity (Wildman–Crippen MR) is 124 cm³/mol. The summed E-state index contributed by atoms with van der Waals surface area (Å²) in [6, 6.07) is 24.2. The highest BCUT2D eigenvalue weighted by atomic mass is 16.5. The number of nitrogens with zero attached hydrogens (tertiary/aromatic N) is 4. The normalized spacial score (nSPS) is 12.9. The van der Waals surface area contributed by atoms with E-state index in [1.54, 1.807) is 6.20 Å². The van der Waals surface area contributed by atoms with Crippen LogP contribution in [0.2, 0.25) is 0 Å². The van der Waals surface area contributed by atoms with Gasteiger partial charge in [0.25, 0.3) is 0 Å². The number of pyridine rings is 2. The van der Waals surface area contributed by atoms with Crippen LogP contribution < -0.4 is 9.64 Å². The second kappa shape index (κ2) is 8.32. The molecule has 0 fully saturated rings. The van der Waals surface area contributed by atoms with Crippen LogP contribution >= 0.6 is 0 Å². The second-order valence-electron chi connectivity index (χ2n) is 7.47. The summed E-state index contributed by atoms with van der Waals surface area (Å²) in [5.74, 6) is 1.58. The molecule has 5 rings (SSSR count). The lowest BCUT2D eigenvalue weighted by atomic mass is 10.0. The molecule has 1 aliphatic heterocycles. The molecule has 0 atom stereocenters. The standard InChI is InChI=1S/C26H22N4O/c1-29-13-14-30(19-29)23-7-3-9-25(17-23)31-24-8-2-5-21(15-24)26-16-20(10-12-28-26)22-6-4-11-27-18-22/h2-18H,19H2,1H3. The van der Waals surface area contributed by atoms with Crippen molar-refractivity contribution in [2.24, 2.45) is 0 Å². The molecule has 0 bridgehead atoms. The van der Waals surface area contributed by atoms with Gasteiger partial charge in [0, 0.05) is 60.9 Å². The van der Waals surface area contributed by atoms with Crippen molar-refractivity contribution in [3.63, 3.8) is 0 Å². The topological polar surface area (TPSA) is 41.5 Å². The smallest absolute Gasteiger partial charge is 0.129 e. The van der Waals surface area contributed by atoms with Crippen molar-refractivity contribution in [1.82, 2.24) is 14.9 Å². The molecule has 0 amide bonds. The average Bonchev–Trinajstić information content (AvgIpc) is 3.26. The molecule has 1 aliphatic rings. The van der Waals surface area contributed by atoms with E-state index < -0.39 is 0 Å². The lowest BCUT2D eigenvalue weighted by Gasteiger charge is -2.19. The summed E-state index contributed by atoms with van der Waals surface area (Å²) in [5.41, 5.74) is 5.15. The zero-order valence-electron chi connectivity index (χ0n) is 17.2. The summed E-state index contributed by atoms with van der Waals surface area (Å²) in [4.78, 5) is 13.1. The third kappa shape index (κ3) is 4.26. The summed E-state index contributed by atoms with van der Waals surface area (Å²) >= 11 is 0. The number of ether oxygens (including phenoxy) is 1. The lowest BCUT2D eigenvalue weighted by Crippen LogP contribution is -2.21. The summed E-state index contributed by atoms with van der Waals surface area (Å²) in [6.07, 6.45) is 9.60. The first kappa shape index (κ1) is 18.9. The molecule has 0 aliphatic carbocycles. The predicted octanol–water partition coefficient (Wildman–Crippen LogP) is 5.78. The number of hydrogen-bond acceptors (Lipinski definition) is 5. The number of hydrogen-bond donors (Lipinski definition) is 0. The van der Waals surface area contributed by atoms with Gasteiger partial charge in [0.2, 0.25) is 0 Å². The fourth-order valence-corrected chi connectivity index (χ4v) is 3.58. The fraction of sp³-hybridized carbons (Fsp3) is 0.0769. The van der Waals surface area contributed by atoms with Gasteiger partial charge in [0.15, 0.2) is 0 Å². The van der Waals surface area contributed by atoms with E-state index in [1.165, 1.54) is 0 Å². The number of anilines is 1. The molecule has 2 aromatic carbocycles. The highest BCUT2D eigenvalue weighted by molar-refractivity contribution is 5.70. The zero-order valence-corrected chi connectivity index (χ0v) is 17.2. The first-order chi connectivity index (χ1) is 15.2. The number of rotatable bonds is 5. The van der Waals surface area contributed by atoms with Crippen LogP contribution in [0, 0.1) is 0 Å². The van der Waals surface area contributed by atoms with Gasteiger partial charge in [-0.1, -0.05) is 24.3 Å². The summed E-state index contributed by atoms with van der Waals surface area (Å²) in [7, 11) is 2.06. The lowest BCUT2D eigenvalue weighted by molar-refractivity contribution is 0.481. The molecule has 2 aromatic heterocycles. The van der Waals surface area contributed by atoms with Crippen LogP contribution in [0.1, 0.15) is 0 Å². The highest BCUT2D eigenvalue weighted by Crippen LogP contribution is 2.31. The minimum atomic E-state index is 0.775. The van der Waals surface area contributed by atoms with Crippen molar-refractivity contribution >= 4 is 5.69 Å². The van der Waals surface area contributed by atoms with E-state index >= 15 is 0 Å². The molecular formula is C26H22N4O. The Kier molecular flexibility index (Phi) is 5.07. The fourth-order valence-electron chi connectivity index (χ4n) is 3.58. The van der Waals surface area contributed by atoms with Gasteiger partial charge in [-0.2, -0.15) is 0 Å². The number of aromatic nitrogens is 2. The van der Waals surface area contributed by atoms with Crippen molar-refractivity contribution in [3.8, 4) is 33.9 Å². The van der Waals surface area contributed by atoms with Gasteiger partial charge in [0.1, 0.15) is 11.5 Å². The van der Waals surface area contributed by atoms with E-state index in [-0.39, 0.29) is 0 Å². The Morgan fingerprint density at radius 1 is 0.774 bits per heavy atom. The maximum absolute atomic E-state index is 6.18. The van der Waals surface area contributed by atoms with Crippen LogP contribution in [0.4, 0.5) is 5.69 Å². The Hall–Kier alpha value is -4.12. The van der Waals surface area contributed by atoms with Crippen LogP contribution in [-0.4, -0.2) is 28.6 Å². The van der Waals surface area contributed by atoms with Crippen LogP contribution in [0.25, 0.3) is 22.4 Å². The van der Waals surface area contributed by atoms with E-state index in [2.05, 4.69) is 57.4 Å². The highest BCUT2D eigenvalue weighted by Gasteiger charge is 2.11. The minimum Gasteiger partial charge on any atom is -0.457 e. The van der Waals surface area contributed by atoms with E-state index in [4.69, 9.17) is 4.74 Å². The minimum absolute atomic E-state index is 0.775. The first-order valence-corrected chi connectivity index (χ1v) is 10.1. The zero-order chi connectivity index (χ0) is 21.0. The molecule has 0 N–H and O–H groups in total. The van der Waals surface area contributed by atoms with Gasteiger partial charge < -0.3 is 14.5 Å². The Balaban J connectivity index is 1.39. The first-order valence-electron chi connectivity index (χ1n) is 10.1. The molecule has 0 spiro atoms. The molecule has 0 saturated carbocycles. The molecule has 0 saturated heterocycles. The molecule has 0 radical (unpaired) electrons. The molecule has 4 aromatic rings. The molecule has 152 valence electrons. The third-order valence-corrected chi connectivity index (χ3v) is 5.15. The molecule has 5 heteroatoms. The van der Waals surface area contributed by atoms with Gasteiger partial charge in [-0.3, -0.25) is 9.97 Å². The van der Waals surface area contributed by atoms with Gasteiger partial charge in [-0.05, 0) is 48.0 Å². The van der Waals surface area contributed by atoms with Crippen LogP contribution in [0.15, 0.2) is 104 Å². The molecule has 5 nitrogen and oxygen atoms in total. The molecule has 3 heterocycles. The van der Waals surface area contributed by atoms with Crippen LogP contribution in [0.5, 0.6) is 11.5 Å². The maximum atomic E-state index is 6.18. The van der Waals surface area contributed by atoms with Gasteiger partial charge in [-0.15, -0.1) is 0 Å². The van der Waals surface area contributed by atoms with Crippen molar-refractivity contribution in [1.29, 1.82) is 0 Å². The molecule has 31 heavy (non-hydrogen) atoms. The molecule has 0 unspecified atom stereocenters. The van der Waals surface area contributed by atoms with Crippen molar-refractivity contribution in [2.45, 2.75) is 0 Å². The van der Waals surface area contributed by atoms with E-state index in [9.17, 15) is 0 Å². The van der Waals surface area contributed by atoms with Gasteiger partial charge in [0.05, 0.1) is 12.4 Å². The van der Waals surface area contributed by atoms with E-state index in [1.807, 2.05) is 67.0 Å². The Morgan fingerprint density at radius 3 is 2.42 bits per heavy atom. The largest absolute Gasteiger partial charge is 0.457 e.